The van der Waals surface area contributed by atoms with E-state index >= 15 is 0 Å². The molecule has 1 fully saturated rings. The van der Waals surface area contributed by atoms with Gasteiger partial charge in [0.2, 0.25) is 5.91 Å². The fourth-order valence-corrected chi connectivity index (χ4v) is 2.06. The van der Waals surface area contributed by atoms with Crippen LogP contribution in [0.2, 0.25) is 0 Å². The van der Waals surface area contributed by atoms with Crippen LogP contribution >= 0.6 is 0 Å². The molecule has 0 radical (unpaired) electrons. The van der Waals surface area contributed by atoms with Crippen molar-refractivity contribution in [3.05, 3.63) is 0 Å². The van der Waals surface area contributed by atoms with Gasteiger partial charge in [0.25, 0.3) is 0 Å². The molecule has 2 unspecified atom stereocenters. The first-order valence-corrected chi connectivity index (χ1v) is 6.58. The fraction of sp³-hybridized carbons (Fsp3) is 0.750. The zero-order valence-corrected chi connectivity index (χ0v) is 11.4. The quantitative estimate of drug-likeness (QED) is 0.526. The van der Waals surface area contributed by atoms with Gasteiger partial charge in [-0.3, -0.25) is 4.79 Å². The minimum atomic E-state index is -1.19. The molecule has 1 aliphatic heterocycles. The highest BCUT2D eigenvalue weighted by molar-refractivity contribution is 5.83. The molecule has 1 aliphatic rings. The number of nitrogens with one attached hydrogen (secondary N) is 2. The molecule has 0 spiro atoms. The van der Waals surface area contributed by atoms with Gasteiger partial charge in [-0.15, -0.1) is 0 Å². The van der Waals surface area contributed by atoms with Gasteiger partial charge in [-0.2, -0.15) is 0 Å². The molecule has 0 aliphatic carbocycles. The molecule has 8 nitrogen and oxygen atoms in total. The second-order valence-corrected chi connectivity index (χ2v) is 4.92. The second-order valence-electron chi connectivity index (χ2n) is 4.92. The van der Waals surface area contributed by atoms with Crippen molar-refractivity contribution in [1.29, 1.82) is 0 Å². The first kappa shape index (κ1) is 16.2. The summed E-state index contributed by atoms with van der Waals surface area (Å²) in [6.07, 6.45) is 1.33. The lowest BCUT2D eigenvalue weighted by molar-refractivity contribution is -0.139. The Labute approximate surface area is 117 Å². The Bertz CT molecular complexity index is 374. The van der Waals surface area contributed by atoms with Crippen LogP contribution in [0.3, 0.4) is 0 Å². The number of nitrogens with two attached hydrogens (primary N) is 1. The monoisotopic (exact) mass is 287 g/mol. The Balaban J connectivity index is 2.40. The maximum atomic E-state index is 11.7. The number of carboxylic acid groups (broad SMARTS) is 1. The molecule has 3 atom stereocenters. The van der Waals surface area contributed by atoms with E-state index in [9.17, 15) is 14.4 Å². The molecule has 8 heteroatoms. The van der Waals surface area contributed by atoms with Crippen LogP contribution in [0.25, 0.3) is 0 Å². The third-order valence-corrected chi connectivity index (χ3v) is 3.10. The summed E-state index contributed by atoms with van der Waals surface area (Å²) >= 11 is 0. The van der Waals surface area contributed by atoms with Gasteiger partial charge in [0.1, 0.15) is 6.04 Å². The normalized spacial score (nSPS) is 23.6. The topological polar surface area (TPSA) is 131 Å². The van der Waals surface area contributed by atoms with Crippen molar-refractivity contribution >= 4 is 17.9 Å². The van der Waals surface area contributed by atoms with E-state index in [0.29, 0.717) is 19.4 Å². The number of hydrogen-bond donors (Lipinski definition) is 4. The van der Waals surface area contributed by atoms with Gasteiger partial charge >= 0.3 is 12.0 Å². The number of aliphatic carboxylic acids is 1. The third-order valence-electron chi connectivity index (χ3n) is 3.10. The van der Waals surface area contributed by atoms with Gasteiger partial charge in [-0.1, -0.05) is 0 Å². The average molecular weight is 287 g/mol. The van der Waals surface area contributed by atoms with Crippen molar-refractivity contribution < 1.29 is 24.2 Å². The van der Waals surface area contributed by atoms with Crippen molar-refractivity contribution in [2.24, 2.45) is 5.73 Å². The van der Waals surface area contributed by atoms with Crippen LogP contribution in [0.1, 0.15) is 32.6 Å². The number of carboxylic acids is 1. The summed E-state index contributed by atoms with van der Waals surface area (Å²) in [6.45, 7) is 2.48. The van der Waals surface area contributed by atoms with Crippen LogP contribution < -0.4 is 16.4 Å². The van der Waals surface area contributed by atoms with E-state index in [4.69, 9.17) is 15.6 Å². The van der Waals surface area contributed by atoms with Crippen LogP contribution in [-0.4, -0.2) is 47.8 Å². The fourth-order valence-electron chi connectivity index (χ4n) is 2.06. The van der Waals surface area contributed by atoms with E-state index in [0.717, 1.165) is 0 Å². The SMILES string of the molecule is CC1CC(NC(=O)N[C@H](CCC(N)=O)C(=O)O)CCO1. The average Bonchev–Trinajstić information content (AvgIpc) is 2.33. The number of ether oxygens (including phenoxy) is 1. The van der Waals surface area contributed by atoms with Crippen LogP contribution in [0, 0.1) is 0 Å². The molecule has 0 aromatic carbocycles. The Kier molecular flexibility index (Phi) is 6.23. The maximum absolute atomic E-state index is 11.7. The van der Waals surface area contributed by atoms with Crippen LogP contribution in [-0.2, 0) is 14.3 Å². The zero-order chi connectivity index (χ0) is 15.1. The second kappa shape index (κ2) is 7.68. The Morgan fingerprint density at radius 3 is 2.70 bits per heavy atom. The van der Waals surface area contributed by atoms with Crippen LogP contribution in [0.5, 0.6) is 0 Å². The number of rotatable bonds is 6. The number of primary amides is 1. The molecular weight excluding hydrogens is 266 g/mol. The predicted molar refractivity (Wildman–Crippen MR) is 70.0 cm³/mol. The molecule has 1 rings (SSSR count). The van der Waals surface area contributed by atoms with Crippen molar-refractivity contribution in [3.8, 4) is 0 Å². The molecule has 0 bridgehead atoms. The molecule has 0 aromatic heterocycles. The summed E-state index contributed by atoms with van der Waals surface area (Å²) in [5.41, 5.74) is 4.96. The lowest BCUT2D eigenvalue weighted by Gasteiger charge is -2.28. The largest absolute Gasteiger partial charge is 0.480 e. The van der Waals surface area contributed by atoms with Crippen molar-refractivity contribution in [1.82, 2.24) is 10.6 Å². The molecule has 0 saturated carbocycles. The number of carbonyl (C=O) groups is 3. The molecular formula is C12H21N3O5. The summed E-state index contributed by atoms with van der Waals surface area (Å²) in [5, 5.41) is 14.0. The highest BCUT2D eigenvalue weighted by Gasteiger charge is 2.24. The lowest BCUT2D eigenvalue weighted by atomic mass is 10.0. The Hall–Kier alpha value is -1.83. The molecule has 3 amide bonds. The minimum absolute atomic E-state index is 0.0255. The van der Waals surface area contributed by atoms with Crippen molar-refractivity contribution in [2.45, 2.75) is 50.8 Å². The summed E-state index contributed by atoms with van der Waals surface area (Å²) in [5.74, 6) is -1.79. The van der Waals surface area contributed by atoms with E-state index in [-0.39, 0.29) is 25.0 Å². The van der Waals surface area contributed by atoms with Crippen LogP contribution in [0.4, 0.5) is 4.79 Å². The van der Waals surface area contributed by atoms with E-state index in [1.54, 1.807) is 0 Å². The minimum Gasteiger partial charge on any atom is -0.480 e. The highest BCUT2D eigenvalue weighted by Crippen LogP contribution is 2.12. The van der Waals surface area contributed by atoms with Gasteiger partial charge in [0.15, 0.2) is 0 Å². The van der Waals surface area contributed by atoms with Gasteiger partial charge in [-0.25, -0.2) is 9.59 Å². The number of amides is 3. The van der Waals surface area contributed by atoms with Gasteiger partial charge in [-0.05, 0) is 26.2 Å². The molecule has 5 N–H and O–H groups in total. The predicted octanol–water partition coefficient (Wildman–Crippen LogP) is -0.428. The van der Waals surface area contributed by atoms with E-state index in [1.807, 2.05) is 6.92 Å². The number of carbonyl (C=O) groups excluding carboxylic acids is 2. The highest BCUT2D eigenvalue weighted by atomic mass is 16.5. The molecule has 0 aromatic rings. The summed E-state index contributed by atoms with van der Waals surface area (Å²) < 4.78 is 5.36. The lowest BCUT2D eigenvalue weighted by Crippen LogP contribution is -2.51. The maximum Gasteiger partial charge on any atom is 0.326 e. The number of hydrogen-bond acceptors (Lipinski definition) is 4. The summed E-state index contributed by atoms with van der Waals surface area (Å²) in [4.78, 5) is 33.4. The Morgan fingerprint density at radius 2 is 2.15 bits per heavy atom. The van der Waals surface area contributed by atoms with E-state index < -0.39 is 23.9 Å². The van der Waals surface area contributed by atoms with Crippen LogP contribution in [0.15, 0.2) is 0 Å². The Morgan fingerprint density at radius 1 is 1.45 bits per heavy atom. The number of urea groups is 1. The smallest absolute Gasteiger partial charge is 0.326 e. The molecule has 20 heavy (non-hydrogen) atoms. The summed E-state index contributed by atoms with van der Waals surface area (Å²) in [7, 11) is 0. The van der Waals surface area contributed by atoms with E-state index in [2.05, 4.69) is 10.6 Å². The summed E-state index contributed by atoms with van der Waals surface area (Å²) in [6, 6.07) is -1.72. The molecule has 1 saturated heterocycles. The zero-order valence-electron chi connectivity index (χ0n) is 11.4. The van der Waals surface area contributed by atoms with Gasteiger partial charge in [0.05, 0.1) is 6.10 Å². The van der Waals surface area contributed by atoms with Gasteiger partial charge in [0, 0.05) is 19.1 Å². The molecule has 1 heterocycles. The van der Waals surface area contributed by atoms with Crippen molar-refractivity contribution in [3.63, 3.8) is 0 Å². The van der Waals surface area contributed by atoms with Gasteiger partial charge < -0.3 is 26.2 Å². The van der Waals surface area contributed by atoms with Crippen molar-refractivity contribution in [2.75, 3.05) is 6.61 Å². The van der Waals surface area contributed by atoms with E-state index in [1.165, 1.54) is 0 Å². The standard InChI is InChI=1S/C12H21N3O5/c1-7-6-8(4-5-20-7)14-12(19)15-9(11(17)18)2-3-10(13)16/h7-9H,2-6H2,1H3,(H2,13,16)(H,17,18)(H2,14,15,19)/t7?,8?,9-/m1/s1. The first-order valence-electron chi connectivity index (χ1n) is 6.58. The first-order chi connectivity index (χ1) is 9.38. The molecule has 114 valence electrons. The third kappa shape index (κ3) is 5.87.